The summed E-state index contributed by atoms with van der Waals surface area (Å²) in [5.74, 6) is 0.665. The van der Waals surface area contributed by atoms with Crippen LogP contribution < -0.4 is 0 Å². The molecule has 0 bridgehead atoms. The van der Waals surface area contributed by atoms with Crippen LogP contribution in [0, 0.1) is 0 Å². The quantitative estimate of drug-likeness (QED) is 0.482. The monoisotopic (exact) mass is 353 g/mol. The minimum Gasteiger partial charge on any atom is -0.249 e. The molecule has 27 heavy (non-hydrogen) atoms. The average Bonchev–Trinajstić information content (AvgIpc) is 2.67. The molecule has 2 heterocycles. The second-order valence-corrected chi connectivity index (χ2v) is 7.89. The summed E-state index contributed by atoms with van der Waals surface area (Å²) in [7, 11) is 0. The van der Waals surface area contributed by atoms with E-state index in [4.69, 9.17) is 4.98 Å². The maximum Gasteiger partial charge on any atom is 0.178 e. The first kappa shape index (κ1) is 17.3. The van der Waals surface area contributed by atoms with Crippen molar-refractivity contribution < 1.29 is 0 Å². The van der Waals surface area contributed by atoms with Crippen LogP contribution >= 0.6 is 0 Å². The lowest BCUT2D eigenvalue weighted by Gasteiger charge is -2.19. The summed E-state index contributed by atoms with van der Waals surface area (Å²) in [5.41, 5.74) is 5.54. The van der Waals surface area contributed by atoms with Gasteiger partial charge in [-0.3, -0.25) is 0 Å². The van der Waals surface area contributed by atoms with E-state index >= 15 is 0 Å². The molecule has 3 heteroatoms. The Hall–Kier alpha value is -3.07. The highest BCUT2D eigenvalue weighted by Crippen LogP contribution is 2.23. The maximum atomic E-state index is 4.79. The number of benzene rings is 2. The number of hydrogen-bond donors (Lipinski definition) is 0. The molecule has 0 saturated carbocycles. The van der Waals surface area contributed by atoms with Crippen LogP contribution in [0.2, 0.25) is 0 Å². The van der Waals surface area contributed by atoms with Crippen LogP contribution in [-0.4, -0.2) is 15.0 Å². The molecule has 4 rings (SSSR count). The molecule has 0 spiro atoms. The summed E-state index contributed by atoms with van der Waals surface area (Å²) in [6, 6.07) is 22.9. The van der Waals surface area contributed by atoms with E-state index in [1.54, 1.807) is 0 Å². The first-order chi connectivity index (χ1) is 13.0. The van der Waals surface area contributed by atoms with E-state index < -0.39 is 0 Å². The van der Waals surface area contributed by atoms with Crippen LogP contribution in [-0.2, 0) is 11.8 Å². The van der Waals surface area contributed by atoms with Crippen molar-refractivity contribution in [3.63, 3.8) is 0 Å². The molecule has 3 nitrogen and oxygen atoms in total. The van der Waals surface area contributed by atoms with Crippen molar-refractivity contribution in [1.29, 1.82) is 0 Å². The fraction of sp³-hybridized carbons (Fsp3) is 0.208. The molecule has 0 unspecified atom stereocenters. The molecule has 0 saturated heterocycles. The molecule has 0 atom stereocenters. The highest BCUT2D eigenvalue weighted by Gasteiger charge is 2.13. The lowest BCUT2D eigenvalue weighted by atomic mass is 9.86. The number of hydrogen-bond acceptors (Lipinski definition) is 3. The Morgan fingerprint density at radius 2 is 1.56 bits per heavy atom. The van der Waals surface area contributed by atoms with E-state index in [0.29, 0.717) is 5.82 Å². The number of para-hydroxylation sites is 1. The van der Waals surface area contributed by atoms with E-state index in [-0.39, 0.29) is 5.41 Å². The number of nitrogens with zero attached hydrogens (tertiary/aromatic N) is 3. The van der Waals surface area contributed by atoms with Gasteiger partial charge in [-0.15, -0.1) is 0 Å². The molecular weight excluding hydrogens is 330 g/mol. The van der Waals surface area contributed by atoms with Gasteiger partial charge in [0.15, 0.2) is 5.82 Å². The molecule has 2 aromatic heterocycles. The van der Waals surface area contributed by atoms with Gasteiger partial charge in [0.25, 0.3) is 0 Å². The van der Waals surface area contributed by atoms with Crippen LogP contribution in [0.3, 0.4) is 0 Å². The summed E-state index contributed by atoms with van der Waals surface area (Å²) in [6.07, 6.45) is 2.66. The standard InChI is InChI=1S/C24H23N3/c1-24(2,3)19-13-11-17(12-14-19)15-20-8-6-10-22(26-20)23-25-16-18-7-4-5-9-21(18)27-23/h4-14,16H,15H2,1-3H3. The molecular formula is C24H23N3. The van der Waals surface area contributed by atoms with E-state index in [9.17, 15) is 0 Å². The molecule has 0 aliphatic rings. The summed E-state index contributed by atoms with van der Waals surface area (Å²) in [5, 5.41) is 1.04. The molecule has 4 aromatic rings. The van der Waals surface area contributed by atoms with E-state index in [1.807, 2.05) is 42.6 Å². The first-order valence-corrected chi connectivity index (χ1v) is 9.26. The van der Waals surface area contributed by atoms with Crippen LogP contribution in [0.25, 0.3) is 22.4 Å². The van der Waals surface area contributed by atoms with E-state index in [1.165, 1.54) is 11.1 Å². The van der Waals surface area contributed by atoms with Gasteiger partial charge >= 0.3 is 0 Å². The number of fused-ring (bicyclic) bond motifs is 1. The smallest absolute Gasteiger partial charge is 0.178 e. The fourth-order valence-corrected chi connectivity index (χ4v) is 3.13. The molecule has 2 aromatic carbocycles. The van der Waals surface area contributed by atoms with Crippen LogP contribution in [0.1, 0.15) is 37.6 Å². The number of pyridine rings is 1. The third kappa shape index (κ3) is 3.87. The highest BCUT2D eigenvalue weighted by molar-refractivity contribution is 5.79. The Morgan fingerprint density at radius 1 is 0.778 bits per heavy atom. The topological polar surface area (TPSA) is 38.7 Å². The third-order valence-electron chi connectivity index (χ3n) is 4.73. The van der Waals surface area contributed by atoms with Crippen molar-refractivity contribution in [3.8, 4) is 11.5 Å². The van der Waals surface area contributed by atoms with Crippen molar-refractivity contribution in [3.05, 3.63) is 89.7 Å². The summed E-state index contributed by atoms with van der Waals surface area (Å²) in [6.45, 7) is 6.70. The normalized spacial score (nSPS) is 11.7. The molecule has 0 radical (unpaired) electrons. The van der Waals surface area contributed by atoms with Crippen LogP contribution in [0.5, 0.6) is 0 Å². The van der Waals surface area contributed by atoms with Crippen molar-refractivity contribution >= 4 is 10.9 Å². The van der Waals surface area contributed by atoms with Gasteiger partial charge in [0, 0.05) is 23.7 Å². The molecule has 0 aliphatic carbocycles. The Balaban J connectivity index is 1.60. The predicted molar refractivity (Wildman–Crippen MR) is 111 cm³/mol. The van der Waals surface area contributed by atoms with E-state index in [2.05, 4.69) is 61.1 Å². The van der Waals surface area contributed by atoms with Gasteiger partial charge < -0.3 is 0 Å². The third-order valence-corrected chi connectivity index (χ3v) is 4.73. The molecule has 0 amide bonds. The number of rotatable bonds is 3. The van der Waals surface area contributed by atoms with Crippen LogP contribution in [0.15, 0.2) is 72.9 Å². The van der Waals surface area contributed by atoms with Gasteiger partial charge in [-0.05, 0) is 34.7 Å². The second-order valence-electron chi connectivity index (χ2n) is 7.89. The summed E-state index contributed by atoms with van der Waals surface area (Å²) in [4.78, 5) is 13.9. The zero-order valence-electron chi connectivity index (χ0n) is 16.0. The molecule has 0 N–H and O–H groups in total. The molecule has 0 aliphatic heterocycles. The maximum absolute atomic E-state index is 4.79. The summed E-state index contributed by atoms with van der Waals surface area (Å²) < 4.78 is 0. The van der Waals surface area contributed by atoms with Gasteiger partial charge in [-0.2, -0.15) is 0 Å². The van der Waals surface area contributed by atoms with Gasteiger partial charge in [-0.1, -0.05) is 69.3 Å². The van der Waals surface area contributed by atoms with Gasteiger partial charge in [0.1, 0.15) is 5.69 Å². The molecule has 0 fully saturated rings. The number of aromatic nitrogens is 3. The zero-order valence-corrected chi connectivity index (χ0v) is 16.0. The Kier molecular flexibility index (Phi) is 4.44. The fourth-order valence-electron chi connectivity index (χ4n) is 3.13. The first-order valence-electron chi connectivity index (χ1n) is 9.26. The summed E-state index contributed by atoms with van der Waals surface area (Å²) >= 11 is 0. The lowest BCUT2D eigenvalue weighted by molar-refractivity contribution is 0.590. The van der Waals surface area contributed by atoms with Crippen molar-refractivity contribution in [2.24, 2.45) is 0 Å². The second kappa shape index (κ2) is 6.92. The van der Waals surface area contributed by atoms with Gasteiger partial charge in [-0.25, -0.2) is 15.0 Å². The SMILES string of the molecule is CC(C)(C)c1ccc(Cc2cccc(-c3ncc4ccccc4n3)n2)cc1. The van der Waals surface area contributed by atoms with Gasteiger partial charge in [0.05, 0.1) is 5.52 Å². The van der Waals surface area contributed by atoms with Crippen molar-refractivity contribution in [2.45, 2.75) is 32.6 Å². The van der Waals surface area contributed by atoms with Gasteiger partial charge in [0.2, 0.25) is 0 Å². The Bertz CT molecular complexity index is 1080. The Labute approximate surface area is 160 Å². The Morgan fingerprint density at radius 3 is 2.33 bits per heavy atom. The lowest BCUT2D eigenvalue weighted by Crippen LogP contribution is -2.10. The molecule has 134 valence electrons. The largest absolute Gasteiger partial charge is 0.249 e. The van der Waals surface area contributed by atoms with Crippen LogP contribution in [0.4, 0.5) is 0 Å². The minimum absolute atomic E-state index is 0.171. The van der Waals surface area contributed by atoms with Crippen molar-refractivity contribution in [2.75, 3.05) is 0 Å². The zero-order chi connectivity index (χ0) is 18.9. The average molecular weight is 353 g/mol. The predicted octanol–water partition coefficient (Wildman–Crippen LogP) is 5.58. The highest BCUT2D eigenvalue weighted by atomic mass is 14.9. The van der Waals surface area contributed by atoms with E-state index in [0.717, 1.165) is 28.7 Å². The van der Waals surface area contributed by atoms with Crippen molar-refractivity contribution in [1.82, 2.24) is 15.0 Å². The minimum atomic E-state index is 0.171.